The molecule has 0 aromatic carbocycles. The highest BCUT2D eigenvalue weighted by molar-refractivity contribution is 4.91. The topological polar surface area (TPSA) is 32.3 Å². The number of aliphatic hydroxyl groups is 1. The molecule has 1 saturated carbocycles. The van der Waals surface area contributed by atoms with Crippen molar-refractivity contribution in [2.75, 3.05) is 6.54 Å². The van der Waals surface area contributed by atoms with Gasteiger partial charge in [-0.2, -0.15) is 0 Å². The Kier molecular flexibility index (Phi) is 4.26. The molecule has 4 heteroatoms. The fraction of sp³-hybridized carbons (Fsp3) is 1.00. The third kappa shape index (κ3) is 2.89. The molecule has 2 N–H and O–H groups in total. The molecular formula is C10H19F2NO. The fourth-order valence-electron chi connectivity index (χ4n) is 1.84. The molecule has 1 fully saturated rings. The Morgan fingerprint density at radius 3 is 2.86 bits per heavy atom. The van der Waals surface area contributed by atoms with E-state index in [1.165, 1.54) is 0 Å². The number of hydrogen-bond donors (Lipinski definition) is 2. The van der Waals surface area contributed by atoms with Gasteiger partial charge in [0.2, 0.25) is 0 Å². The normalized spacial score (nSPS) is 31.7. The first kappa shape index (κ1) is 11.9. The van der Waals surface area contributed by atoms with Gasteiger partial charge < -0.3 is 10.4 Å². The van der Waals surface area contributed by atoms with Gasteiger partial charge in [-0.3, -0.25) is 0 Å². The summed E-state index contributed by atoms with van der Waals surface area (Å²) in [6.45, 7) is 2.77. The van der Waals surface area contributed by atoms with Gasteiger partial charge >= 0.3 is 0 Å². The number of alkyl halides is 2. The second-order valence-electron chi connectivity index (χ2n) is 4.01. The molecule has 0 spiro atoms. The molecule has 0 unspecified atom stereocenters. The third-order valence-corrected chi connectivity index (χ3v) is 2.78. The van der Waals surface area contributed by atoms with Crippen molar-refractivity contribution < 1.29 is 13.9 Å². The lowest BCUT2D eigenvalue weighted by Crippen LogP contribution is -2.52. The van der Waals surface area contributed by atoms with Gasteiger partial charge in [-0.25, -0.2) is 8.78 Å². The fourth-order valence-corrected chi connectivity index (χ4v) is 1.84. The lowest BCUT2D eigenvalue weighted by molar-refractivity contribution is -0.143. The molecule has 2 atom stereocenters. The van der Waals surface area contributed by atoms with Crippen LogP contribution in [0.25, 0.3) is 0 Å². The zero-order valence-corrected chi connectivity index (χ0v) is 8.60. The number of nitrogens with one attached hydrogen (secondary N) is 1. The highest BCUT2D eigenvalue weighted by Gasteiger charge is 2.45. The van der Waals surface area contributed by atoms with E-state index < -0.39 is 18.1 Å². The molecular weight excluding hydrogens is 188 g/mol. The van der Waals surface area contributed by atoms with Crippen molar-refractivity contribution in [2.45, 2.75) is 57.1 Å². The molecule has 0 bridgehead atoms. The maximum atomic E-state index is 13.1. The lowest BCUT2D eigenvalue weighted by Gasteiger charge is -2.35. The average molecular weight is 207 g/mol. The summed E-state index contributed by atoms with van der Waals surface area (Å²) >= 11 is 0. The van der Waals surface area contributed by atoms with E-state index in [2.05, 4.69) is 5.32 Å². The van der Waals surface area contributed by atoms with Crippen molar-refractivity contribution in [3.63, 3.8) is 0 Å². The molecule has 0 saturated heterocycles. The molecule has 1 rings (SSSR count). The molecule has 2 nitrogen and oxygen atoms in total. The second-order valence-corrected chi connectivity index (χ2v) is 4.01. The molecule has 84 valence electrons. The summed E-state index contributed by atoms with van der Waals surface area (Å²) in [5.41, 5.74) is 0. The van der Waals surface area contributed by atoms with E-state index >= 15 is 0 Å². The number of rotatable bonds is 4. The molecule has 0 aromatic rings. The average Bonchev–Trinajstić information content (AvgIpc) is 2.13. The Morgan fingerprint density at radius 1 is 1.50 bits per heavy atom. The second kappa shape index (κ2) is 5.03. The first-order chi connectivity index (χ1) is 6.58. The summed E-state index contributed by atoms with van der Waals surface area (Å²) in [6, 6.07) is -0.426. The van der Waals surface area contributed by atoms with Gasteiger partial charge in [-0.1, -0.05) is 13.3 Å². The Hall–Kier alpha value is -0.220. The van der Waals surface area contributed by atoms with Gasteiger partial charge in [-0.15, -0.1) is 0 Å². The Morgan fingerprint density at radius 2 is 2.21 bits per heavy atom. The molecule has 14 heavy (non-hydrogen) atoms. The van der Waals surface area contributed by atoms with E-state index in [0.29, 0.717) is 19.4 Å². The summed E-state index contributed by atoms with van der Waals surface area (Å²) < 4.78 is 26.1. The summed E-state index contributed by atoms with van der Waals surface area (Å²) in [5, 5.41) is 12.4. The van der Waals surface area contributed by atoms with Crippen LogP contribution < -0.4 is 5.32 Å². The zero-order chi connectivity index (χ0) is 10.6. The van der Waals surface area contributed by atoms with Gasteiger partial charge in [0, 0.05) is 12.5 Å². The summed E-state index contributed by atoms with van der Waals surface area (Å²) in [7, 11) is 0. The van der Waals surface area contributed by atoms with Crippen LogP contribution in [0.4, 0.5) is 8.78 Å². The van der Waals surface area contributed by atoms with Crippen LogP contribution in [0, 0.1) is 0 Å². The molecule has 0 amide bonds. The minimum atomic E-state index is -2.90. The SMILES string of the molecule is CCCCN[C@@H]1CCCC(F)(F)[C@H]1O. The van der Waals surface area contributed by atoms with Crippen molar-refractivity contribution in [1.82, 2.24) is 5.32 Å². The maximum absolute atomic E-state index is 13.1. The predicted octanol–water partition coefficient (Wildman–Crippen LogP) is 1.92. The van der Waals surface area contributed by atoms with Crippen LogP contribution in [0.3, 0.4) is 0 Å². The summed E-state index contributed by atoms with van der Waals surface area (Å²) in [5.74, 6) is -2.90. The molecule has 0 radical (unpaired) electrons. The minimum absolute atomic E-state index is 0.180. The van der Waals surface area contributed by atoms with Gasteiger partial charge in [0.05, 0.1) is 0 Å². The quantitative estimate of drug-likeness (QED) is 0.690. The van der Waals surface area contributed by atoms with Crippen LogP contribution in [0.15, 0.2) is 0 Å². The van der Waals surface area contributed by atoms with E-state index in [4.69, 9.17) is 0 Å². The van der Waals surface area contributed by atoms with Crippen LogP contribution in [0.2, 0.25) is 0 Å². The molecule has 0 aliphatic heterocycles. The first-order valence-corrected chi connectivity index (χ1v) is 5.37. The van der Waals surface area contributed by atoms with E-state index in [1.54, 1.807) is 0 Å². The van der Waals surface area contributed by atoms with Crippen molar-refractivity contribution in [2.24, 2.45) is 0 Å². The third-order valence-electron chi connectivity index (χ3n) is 2.78. The largest absolute Gasteiger partial charge is 0.385 e. The number of hydrogen-bond acceptors (Lipinski definition) is 2. The molecule has 0 heterocycles. The van der Waals surface area contributed by atoms with Gasteiger partial charge in [0.15, 0.2) is 0 Å². The van der Waals surface area contributed by atoms with Crippen LogP contribution in [-0.4, -0.2) is 29.7 Å². The molecule has 0 aromatic heterocycles. The Labute approximate surface area is 83.7 Å². The van der Waals surface area contributed by atoms with E-state index in [-0.39, 0.29) is 6.42 Å². The van der Waals surface area contributed by atoms with Crippen LogP contribution in [0.1, 0.15) is 39.0 Å². The van der Waals surface area contributed by atoms with Gasteiger partial charge in [0.25, 0.3) is 5.92 Å². The summed E-state index contributed by atoms with van der Waals surface area (Å²) in [4.78, 5) is 0. The minimum Gasteiger partial charge on any atom is -0.385 e. The molecule has 1 aliphatic rings. The van der Waals surface area contributed by atoms with Crippen LogP contribution in [0.5, 0.6) is 0 Å². The highest BCUT2D eigenvalue weighted by Crippen LogP contribution is 2.33. The Balaban J connectivity index is 2.36. The van der Waals surface area contributed by atoms with E-state index in [1.807, 2.05) is 6.92 Å². The van der Waals surface area contributed by atoms with Crippen molar-refractivity contribution >= 4 is 0 Å². The van der Waals surface area contributed by atoms with Crippen molar-refractivity contribution in [3.8, 4) is 0 Å². The van der Waals surface area contributed by atoms with E-state index in [0.717, 1.165) is 12.8 Å². The monoisotopic (exact) mass is 207 g/mol. The van der Waals surface area contributed by atoms with Crippen molar-refractivity contribution in [3.05, 3.63) is 0 Å². The predicted molar refractivity (Wildman–Crippen MR) is 51.5 cm³/mol. The zero-order valence-electron chi connectivity index (χ0n) is 8.60. The van der Waals surface area contributed by atoms with Crippen LogP contribution >= 0.6 is 0 Å². The van der Waals surface area contributed by atoms with Gasteiger partial charge in [-0.05, 0) is 25.8 Å². The standard InChI is InChI=1S/C10H19F2NO/c1-2-3-7-13-8-5-4-6-10(11,12)9(8)14/h8-9,13-14H,2-7H2,1H3/t8-,9+/m1/s1. The number of halogens is 2. The Bertz CT molecular complexity index is 176. The highest BCUT2D eigenvalue weighted by atomic mass is 19.3. The number of unbranched alkanes of at least 4 members (excludes halogenated alkanes) is 1. The summed E-state index contributed by atoms with van der Waals surface area (Å²) in [6.07, 6.45) is 1.46. The van der Waals surface area contributed by atoms with Crippen LogP contribution in [-0.2, 0) is 0 Å². The van der Waals surface area contributed by atoms with Gasteiger partial charge in [0.1, 0.15) is 6.10 Å². The smallest absolute Gasteiger partial charge is 0.274 e. The first-order valence-electron chi connectivity index (χ1n) is 5.37. The van der Waals surface area contributed by atoms with Crippen molar-refractivity contribution in [1.29, 1.82) is 0 Å². The molecule has 1 aliphatic carbocycles. The van der Waals surface area contributed by atoms with E-state index in [9.17, 15) is 13.9 Å². The lowest BCUT2D eigenvalue weighted by atomic mass is 9.89. The maximum Gasteiger partial charge on any atom is 0.274 e. The number of aliphatic hydroxyl groups excluding tert-OH is 1.